The van der Waals surface area contributed by atoms with E-state index in [1.165, 1.54) is 0 Å². The topological polar surface area (TPSA) is 42.0 Å². The maximum atomic E-state index is 13.1. The molecular formula is C22H26Cl2N2O3. The molecule has 1 fully saturated rings. The van der Waals surface area contributed by atoms with Crippen molar-refractivity contribution >= 4 is 29.1 Å². The van der Waals surface area contributed by atoms with Crippen LogP contribution in [0.5, 0.6) is 11.5 Å². The molecule has 1 heterocycles. The molecule has 0 radical (unpaired) electrons. The second-order valence-electron chi connectivity index (χ2n) is 7.30. The largest absolute Gasteiger partial charge is 0.497 e. The Labute approximate surface area is 182 Å². The van der Waals surface area contributed by atoms with Gasteiger partial charge in [0.1, 0.15) is 11.5 Å². The van der Waals surface area contributed by atoms with Crippen molar-refractivity contribution in [3.8, 4) is 11.5 Å². The highest BCUT2D eigenvalue weighted by Crippen LogP contribution is 2.39. The smallest absolute Gasteiger partial charge is 0.237 e. The van der Waals surface area contributed by atoms with Crippen molar-refractivity contribution in [3.05, 3.63) is 57.6 Å². The second-order valence-corrected chi connectivity index (χ2v) is 8.18. The molecule has 156 valence electrons. The third-order valence-corrected chi connectivity index (χ3v) is 5.59. The van der Waals surface area contributed by atoms with Gasteiger partial charge in [-0.25, -0.2) is 0 Å². The Bertz CT molecular complexity index is 855. The summed E-state index contributed by atoms with van der Waals surface area (Å²) >= 11 is 12.2. The number of nitrogens with zero attached hydrogens (tertiary/aromatic N) is 2. The lowest BCUT2D eigenvalue weighted by Gasteiger charge is -2.28. The second kappa shape index (κ2) is 9.70. The first kappa shape index (κ1) is 21.8. The monoisotopic (exact) mass is 436 g/mol. The Balaban J connectivity index is 1.71. The first-order valence-electron chi connectivity index (χ1n) is 9.56. The van der Waals surface area contributed by atoms with E-state index in [1.807, 2.05) is 47.2 Å². The number of ether oxygens (including phenoxy) is 2. The lowest BCUT2D eigenvalue weighted by atomic mass is 10.0. The molecule has 0 aromatic heterocycles. The molecule has 1 saturated heterocycles. The summed E-state index contributed by atoms with van der Waals surface area (Å²) in [5.41, 5.74) is 1.97. The molecule has 0 saturated carbocycles. The molecule has 29 heavy (non-hydrogen) atoms. The molecule has 7 heteroatoms. The highest BCUT2D eigenvalue weighted by Gasteiger charge is 2.32. The SMILES string of the molecule is COc1ccc(OC)c(C2CCCN2C(=O)CN(C)Cc2cc(Cl)cc(Cl)c2)c1. The summed E-state index contributed by atoms with van der Waals surface area (Å²) < 4.78 is 10.9. The van der Waals surface area contributed by atoms with Crippen molar-refractivity contribution < 1.29 is 14.3 Å². The molecule has 0 bridgehead atoms. The number of likely N-dealkylation sites (N-methyl/N-ethyl adjacent to an activating group) is 1. The summed E-state index contributed by atoms with van der Waals surface area (Å²) in [4.78, 5) is 17.0. The zero-order valence-corrected chi connectivity index (χ0v) is 18.5. The van der Waals surface area contributed by atoms with Crippen LogP contribution >= 0.6 is 23.2 Å². The quantitative estimate of drug-likeness (QED) is 0.624. The van der Waals surface area contributed by atoms with Crippen molar-refractivity contribution in [1.82, 2.24) is 9.80 Å². The molecule has 5 nitrogen and oxygen atoms in total. The summed E-state index contributed by atoms with van der Waals surface area (Å²) in [7, 11) is 5.21. The fourth-order valence-corrected chi connectivity index (χ4v) is 4.45. The van der Waals surface area contributed by atoms with Crippen LogP contribution in [0.3, 0.4) is 0 Å². The third kappa shape index (κ3) is 5.35. The molecule has 3 rings (SSSR count). The average molecular weight is 437 g/mol. The van der Waals surface area contributed by atoms with Gasteiger partial charge < -0.3 is 14.4 Å². The fraction of sp³-hybridized carbons (Fsp3) is 0.409. The van der Waals surface area contributed by atoms with Gasteiger partial charge in [0.15, 0.2) is 0 Å². The van der Waals surface area contributed by atoms with Gasteiger partial charge in [-0.1, -0.05) is 23.2 Å². The number of amides is 1. The van der Waals surface area contributed by atoms with Crippen molar-refractivity contribution in [2.75, 3.05) is 34.4 Å². The van der Waals surface area contributed by atoms with Gasteiger partial charge in [0, 0.05) is 28.7 Å². The van der Waals surface area contributed by atoms with E-state index in [1.54, 1.807) is 20.3 Å². The van der Waals surface area contributed by atoms with Crippen LogP contribution in [0.2, 0.25) is 10.0 Å². The molecule has 2 aromatic carbocycles. The van der Waals surface area contributed by atoms with Gasteiger partial charge in [-0.3, -0.25) is 9.69 Å². The molecule has 0 spiro atoms. The predicted molar refractivity (Wildman–Crippen MR) is 116 cm³/mol. The summed E-state index contributed by atoms with van der Waals surface area (Å²) in [6.07, 6.45) is 1.87. The number of methoxy groups -OCH3 is 2. The van der Waals surface area contributed by atoms with E-state index in [0.717, 1.165) is 42.0 Å². The van der Waals surface area contributed by atoms with Crippen LogP contribution in [-0.4, -0.2) is 50.1 Å². The number of likely N-dealkylation sites (tertiary alicyclic amines) is 1. The molecule has 2 aromatic rings. The lowest BCUT2D eigenvalue weighted by Crippen LogP contribution is -2.38. The summed E-state index contributed by atoms with van der Waals surface area (Å²) in [5, 5.41) is 1.19. The lowest BCUT2D eigenvalue weighted by molar-refractivity contribution is -0.133. The van der Waals surface area contributed by atoms with Crippen LogP contribution in [-0.2, 0) is 11.3 Å². The van der Waals surface area contributed by atoms with Crippen LogP contribution in [0.25, 0.3) is 0 Å². The van der Waals surface area contributed by atoms with E-state index in [4.69, 9.17) is 32.7 Å². The van der Waals surface area contributed by atoms with E-state index in [2.05, 4.69) is 0 Å². The van der Waals surface area contributed by atoms with Gasteiger partial charge in [0.05, 0.1) is 26.8 Å². The Morgan fingerprint density at radius 3 is 2.52 bits per heavy atom. The van der Waals surface area contributed by atoms with Crippen molar-refractivity contribution in [1.29, 1.82) is 0 Å². The highest BCUT2D eigenvalue weighted by atomic mass is 35.5. The number of halogens is 2. The molecule has 1 aliphatic rings. The van der Waals surface area contributed by atoms with E-state index in [9.17, 15) is 4.79 Å². The van der Waals surface area contributed by atoms with Gasteiger partial charge in [-0.2, -0.15) is 0 Å². The van der Waals surface area contributed by atoms with E-state index >= 15 is 0 Å². The van der Waals surface area contributed by atoms with Crippen LogP contribution in [0, 0.1) is 0 Å². The van der Waals surface area contributed by atoms with Gasteiger partial charge in [0.2, 0.25) is 5.91 Å². The molecule has 1 amide bonds. The standard InChI is InChI=1S/C22H26Cl2N2O3/c1-25(13-15-9-16(23)11-17(24)10-15)14-22(27)26-8-4-5-20(26)19-12-18(28-2)6-7-21(19)29-3/h6-7,9-12,20H,4-5,8,13-14H2,1-3H3. The number of carbonyl (C=O) groups excluding carboxylic acids is 1. The number of benzene rings is 2. The van der Waals surface area contributed by atoms with Gasteiger partial charge in [-0.05, 0) is 61.9 Å². The first-order valence-corrected chi connectivity index (χ1v) is 10.3. The number of hydrogen-bond donors (Lipinski definition) is 0. The molecule has 1 aliphatic heterocycles. The van der Waals surface area contributed by atoms with E-state index < -0.39 is 0 Å². The maximum Gasteiger partial charge on any atom is 0.237 e. The maximum absolute atomic E-state index is 13.1. The highest BCUT2D eigenvalue weighted by molar-refractivity contribution is 6.34. The van der Waals surface area contributed by atoms with Crippen molar-refractivity contribution in [2.45, 2.75) is 25.4 Å². The molecular weight excluding hydrogens is 411 g/mol. The van der Waals surface area contributed by atoms with Crippen LogP contribution < -0.4 is 9.47 Å². The Hall–Kier alpha value is -1.95. The summed E-state index contributed by atoms with van der Waals surface area (Å²) in [6.45, 7) is 1.64. The normalized spacial score (nSPS) is 16.3. The molecule has 0 N–H and O–H groups in total. The Morgan fingerprint density at radius 1 is 1.14 bits per heavy atom. The van der Waals surface area contributed by atoms with Crippen LogP contribution in [0.1, 0.15) is 30.0 Å². The molecule has 1 atom stereocenters. The van der Waals surface area contributed by atoms with Gasteiger partial charge >= 0.3 is 0 Å². The number of rotatable bonds is 7. The number of hydrogen-bond acceptors (Lipinski definition) is 4. The zero-order valence-electron chi connectivity index (χ0n) is 17.0. The third-order valence-electron chi connectivity index (χ3n) is 5.15. The summed E-state index contributed by atoms with van der Waals surface area (Å²) in [6, 6.07) is 11.2. The minimum Gasteiger partial charge on any atom is -0.497 e. The minimum atomic E-state index is -0.0124. The van der Waals surface area contributed by atoms with E-state index in [0.29, 0.717) is 23.1 Å². The van der Waals surface area contributed by atoms with Gasteiger partial charge in [0.25, 0.3) is 0 Å². The zero-order chi connectivity index (χ0) is 21.0. The van der Waals surface area contributed by atoms with E-state index in [-0.39, 0.29) is 11.9 Å². The Kier molecular flexibility index (Phi) is 7.28. The molecule has 0 aliphatic carbocycles. The molecule has 1 unspecified atom stereocenters. The number of carbonyl (C=O) groups is 1. The first-order chi connectivity index (χ1) is 13.9. The minimum absolute atomic E-state index is 0.0124. The van der Waals surface area contributed by atoms with Crippen molar-refractivity contribution in [2.24, 2.45) is 0 Å². The van der Waals surface area contributed by atoms with Crippen LogP contribution in [0.15, 0.2) is 36.4 Å². The average Bonchev–Trinajstić information content (AvgIpc) is 3.16. The van der Waals surface area contributed by atoms with Crippen LogP contribution in [0.4, 0.5) is 0 Å². The fourth-order valence-electron chi connectivity index (χ4n) is 3.88. The van der Waals surface area contributed by atoms with Gasteiger partial charge in [-0.15, -0.1) is 0 Å². The Morgan fingerprint density at radius 2 is 1.86 bits per heavy atom. The predicted octanol–water partition coefficient (Wildman–Crippen LogP) is 4.81. The summed E-state index contributed by atoms with van der Waals surface area (Å²) in [5.74, 6) is 1.63. The van der Waals surface area contributed by atoms with Crippen molar-refractivity contribution in [3.63, 3.8) is 0 Å².